The number of benzene rings is 11. The van der Waals surface area contributed by atoms with Gasteiger partial charge in [-0.2, -0.15) is 25.3 Å². The van der Waals surface area contributed by atoms with E-state index in [1.54, 1.807) is 18.2 Å². The molecule has 145 heavy (non-hydrogen) atoms. The maximum Gasteiger partial charge on any atom is 0.407 e. The zero-order valence-electron chi connectivity index (χ0n) is 85.4. The van der Waals surface area contributed by atoms with Crippen molar-refractivity contribution in [2.75, 3.05) is 58.7 Å². The number of amides is 3. The van der Waals surface area contributed by atoms with Crippen LogP contribution in [0.3, 0.4) is 0 Å². The summed E-state index contributed by atoms with van der Waals surface area (Å²) in [5.74, 6) is 0.262. The lowest BCUT2D eigenvalue weighted by atomic mass is 9.97. The first kappa shape index (κ1) is 122. The Morgan fingerprint density at radius 3 is 0.966 bits per heavy atom. The first-order valence-corrected chi connectivity index (χ1v) is 54.6. The van der Waals surface area contributed by atoms with Crippen LogP contribution in [0.5, 0.6) is 5.75 Å². The van der Waals surface area contributed by atoms with Crippen LogP contribution in [-0.4, -0.2) is 136 Å². The van der Waals surface area contributed by atoms with Gasteiger partial charge in [0.05, 0.1) is 36.7 Å². The predicted molar refractivity (Wildman–Crippen MR) is 578 cm³/mol. The third-order valence-corrected chi connectivity index (χ3v) is 25.8. The number of aryl methyl sites for hydroxylation is 12. The molecule has 0 fully saturated rings. The second kappa shape index (κ2) is 73.3. The molecule has 0 bridgehead atoms. The summed E-state index contributed by atoms with van der Waals surface area (Å²) in [6.45, 7) is 18.1. The molecule has 0 aliphatic carbocycles. The molecule has 0 radical (unpaired) electrons. The van der Waals surface area contributed by atoms with E-state index in [4.69, 9.17) is 44.2 Å². The SMILES string of the molecule is CCc1cc([C@@H](CO)NCCCCc2ccc(CCCCNC(=O)OCc3ccccc3)cc2)ccc1C.CCc1cc([C@@H](O)CCCCCCc2ccc(CCCCNC(=O)OCc3ccccc3)cc2)ccc1C.CCc1cc([C@@H](O)CN(CCCCc2ccc(CCCCNC(=O)OCc3ccccc3)cc2)C[C@H](O)c2ccc(OCc3ccccc3)c(CS(C)(=O)=O)c2)ccc1C.O=S=O.O=S=O.O=S=O. The highest BCUT2D eigenvalue weighted by Gasteiger charge is 2.23. The standard InChI is InChI=1S/C50H62N2O7S.C34H45NO3.C33H44N2O3.3O2S/c1-4-43-31-44(26-21-38(43)2)47(53)33-52(34-48(54)45-27-28-49(46(32-45)37-60(3,56)57)58-35-41-17-7-5-8-18-41)30-14-12-16-40-24-22-39(23-25-40)15-11-13-29-51-50(55)59-36-42-19-9-6-10-20-42;1-3-31-25-32(23-18-27(31)2)33(36)17-10-5-4-7-13-28-19-21-29(22-20-28)14-11-12-24-35-34(37)38-26-30-15-8-6-9-16-30;1-3-30-23-31(20-15-26(30)2)32(24-36)34-21-9-7-11-27-16-18-28(19-17-27)12-8-10-22-35-33(37)38-25-29-13-5-4-6-14-29;3*1-3-2/h5-10,17-28,31-32,47-48,53-54H,4,11-16,29-30,33-37H2,1-3H3,(H,51,55);6,8-9,15-16,18-23,25,33,36H,3-5,7,10-14,17,24,26H2,1-2H3,(H,35,37);4-6,13-20,23,32,34,36H,3,7-12,21-22,24-25H2,1-2H3,(H,35,37);;;/t47-,48-;33-;32-;;;/m001.../s1. The van der Waals surface area contributed by atoms with Gasteiger partial charge in [-0.1, -0.05) is 295 Å². The molecule has 0 aliphatic rings. The van der Waals surface area contributed by atoms with E-state index in [9.17, 15) is 43.2 Å². The molecule has 3 amide bonds. The summed E-state index contributed by atoms with van der Waals surface area (Å²) in [4.78, 5) is 37.7. The molecular weight excluding hydrogens is 1910 g/mol. The second-order valence-electron chi connectivity index (χ2n) is 36.2. The number of hydrogen-bond acceptors (Lipinski definition) is 21. The van der Waals surface area contributed by atoms with Crippen molar-refractivity contribution in [2.45, 2.75) is 252 Å². The van der Waals surface area contributed by atoms with Crippen molar-refractivity contribution in [3.05, 3.63) is 384 Å². The van der Waals surface area contributed by atoms with Crippen molar-refractivity contribution in [3.63, 3.8) is 0 Å². The highest BCUT2D eigenvalue weighted by Crippen LogP contribution is 2.31. The molecule has 4 atom stereocenters. The Labute approximate surface area is 870 Å². The molecule has 8 N–H and O–H groups in total. The molecule has 24 nitrogen and oxygen atoms in total. The molecule has 0 spiro atoms. The molecule has 0 aromatic heterocycles. The Bertz CT molecular complexity index is 5680. The number of carbonyl (C=O) groups is 3. The Balaban J connectivity index is 0.000000331. The minimum absolute atomic E-state index is 0.00433. The topological polar surface area (TPSA) is 357 Å². The summed E-state index contributed by atoms with van der Waals surface area (Å²) in [5.41, 5.74) is 23.7. The lowest BCUT2D eigenvalue weighted by molar-refractivity contribution is 0.0677. The number of rotatable bonds is 56. The van der Waals surface area contributed by atoms with Gasteiger partial charge in [0.2, 0.25) is 0 Å². The van der Waals surface area contributed by atoms with Crippen LogP contribution in [0.15, 0.2) is 267 Å². The van der Waals surface area contributed by atoms with E-state index in [0.29, 0.717) is 69.4 Å². The van der Waals surface area contributed by atoms with Crippen LogP contribution < -0.4 is 26.0 Å². The molecule has 0 aliphatic heterocycles. The highest BCUT2D eigenvalue weighted by molar-refractivity contribution is 7.89. The first-order valence-electron chi connectivity index (χ1n) is 50.5. The van der Waals surface area contributed by atoms with Gasteiger partial charge >= 0.3 is 53.0 Å². The Hall–Kier alpha value is -11.8. The van der Waals surface area contributed by atoms with Gasteiger partial charge in [-0.25, -0.2) is 22.8 Å². The molecule has 11 aromatic carbocycles. The summed E-state index contributed by atoms with van der Waals surface area (Å²) in [6, 6.07) is 89.6. The van der Waals surface area contributed by atoms with E-state index < -0.39 is 62.9 Å². The van der Waals surface area contributed by atoms with Crippen LogP contribution in [-0.2, 0) is 149 Å². The van der Waals surface area contributed by atoms with Crippen molar-refractivity contribution in [1.29, 1.82) is 0 Å². The van der Waals surface area contributed by atoms with Gasteiger partial charge in [-0.3, -0.25) is 4.90 Å². The third kappa shape index (κ3) is 52.2. The summed E-state index contributed by atoms with van der Waals surface area (Å²) >= 11 is -2.25. The summed E-state index contributed by atoms with van der Waals surface area (Å²) in [5, 5.41) is 55.5. The number of unbranched alkanes of at least 4 members (excludes halogenated alkanes) is 8. The van der Waals surface area contributed by atoms with E-state index >= 15 is 0 Å². The number of hydrogen-bond donors (Lipinski definition) is 8. The Kier molecular flexibility index (Phi) is 61.6. The molecule has 0 unspecified atom stereocenters. The minimum Gasteiger partial charge on any atom is -0.489 e. The average Bonchev–Trinajstić information content (AvgIpc) is 0.833. The zero-order chi connectivity index (χ0) is 105. The van der Waals surface area contributed by atoms with Gasteiger partial charge in [-0.05, 0) is 292 Å². The van der Waals surface area contributed by atoms with Crippen LogP contribution in [0, 0.1) is 20.8 Å². The van der Waals surface area contributed by atoms with Crippen molar-refractivity contribution in [1.82, 2.24) is 26.2 Å². The minimum atomic E-state index is -3.38. The van der Waals surface area contributed by atoms with E-state index in [-0.39, 0.29) is 49.8 Å². The van der Waals surface area contributed by atoms with E-state index in [2.05, 4.69) is 189 Å². The smallest absolute Gasteiger partial charge is 0.407 e. The molecule has 0 saturated heterocycles. The average molecular weight is 2060 g/mol. The van der Waals surface area contributed by atoms with Crippen LogP contribution in [0.4, 0.5) is 14.4 Å². The fourth-order valence-electron chi connectivity index (χ4n) is 16.6. The number of aliphatic hydroxyl groups excluding tert-OH is 4. The second-order valence-corrected chi connectivity index (χ2v) is 38.7. The third-order valence-electron chi connectivity index (χ3n) is 25.0. The predicted octanol–water partition coefficient (Wildman–Crippen LogP) is 21.5. The first-order chi connectivity index (χ1) is 70.3. The fourth-order valence-corrected chi connectivity index (χ4v) is 17.4. The van der Waals surface area contributed by atoms with Crippen molar-refractivity contribution in [2.24, 2.45) is 0 Å². The largest absolute Gasteiger partial charge is 0.489 e. The van der Waals surface area contributed by atoms with Gasteiger partial charge < -0.3 is 60.6 Å². The van der Waals surface area contributed by atoms with Gasteiger partial charge in [0.15, 0.2) is 9.84 Å². The molecule has 11 rings (SSSR count). The highest BCUT2D eigenvalue weighted by atomic mass is 32.2. The molecule has 11 aromatic rings. The summed E-state index contributed by atoms with van der Waals surface area (Å²) < 4.78 is 96.5. The van der Waals surface area contributed by atoms with Crippen LogP contribution in [0.25, 0.3) is 0 Å². The maximum absolute atomic E-state index is 12.4. The van der Waals surface area contributed by atoms with E-state index in [1.807, 2.05) is 127 Å². The normalized spacial score (nSPS) is 11.6. The maximum atomic E-state index is 12.4. The van der Waals surface area contributed by atoms with E-state index in [1.165, 1.54) is 91.4 Å². The number of nitrogens with one attached hydrogen (secondary N) is 4. The lowest BCUT2D eigenvalue weighted by Gasteiger charge is -2.28. The summed E-state index contributed by atoms with van der Waals surface area (Å²) in [6.07, 6.45) is 22.2. The van der Waals surface area contributed by atoms with Gasteiger partial charge in [0.25, 0.3) is 0 Å². The van der Waals surface area contributed by atoms with Crippen LogP contribution >= 0.6 is 0 Å². The summed E-state index contributed by atoms with van der Waals surface area (Å²) in [7, 11) is -3.38. The van der Waals surface area contributed by atoms with Crippen molar-refractivity contribution >= 4 is 62.8 Å². The van der Waals surface area contributed by atoms with Crippen molar-refractivity contribution < 1.29 is 87.4 Å². The number of carbonyl (C=O) groups excluding carboxylic acids is 3. The quantitative estimate of drug-likeness (QED) is 0.0130. The van der Waals surface area contributed by atoms with E-state index in [0.717, 1.165) is 181 Å². The number of ether oxygens (including phenoxy) is 4. The lowest BCUT2D eigenvalue weighted by Crippen LogP contribution is -2.34. The van der Waals surface area contributed by atoms with Gasteiger partial charge in [0.1, 0.15) is 32.2 Å². The van der Waals surface area contributed by atoms with Gasteiger partial charge in [-0.15, -0.1) is 0 Å². The Morgan fingerprint density at radius 1 is 0.338 bits per heavy atom. The van der Waals surface area contributed by atoms with Crippen LogP contribution in [0.2, 0.25) is 0 Å². The monoisotopic (exact) mass is 2060 g/mol. The molecule has 28 heteroatoms. The fraction of sp³-hybridized carbons (Fsp3) is 0.410. The van der Waals surface area contributed by atoms with Crippen molar-refractivity contribution in [3.8, 4) is 5.75 Å². The number of nitrogens with zero attached hydrogens (tertiary/aromatic N) is 1. The number of aliphatic hydroxyl groups is 4. The number of sulfone groups is 1. The molecule has 0 heterocycles. The zero-order valence-corrected chi connectivity index (χ0v) is 88.6. The molecule has 782 valence electrons. The Morgan fingerprint density at radius 2 is 0.628 bits per heavy atom. The molecular formula is C117H151N5O19S4. The molecule has 0 saturated carbocycles. The number of alkyl carbamates (subject to hydrolysis) is 3. The van der Waals surface area contributed by atoms with Gasteiger partial charge in [0, 0.05) is 44.5 Å². The van der Waals surface area contributed by atoms with Crippen LogP contribution in [0.1, 0.15) is 258 Å².